The lowest BCUT2D eigenvalue weighted by Crippen LogP contribution is -2.11. The standard InChI is InChI=1S/C23H37NO3S/c1-18(2)17-19(3)11-6-9-14-22(28)24-20-12-7-8-13-21(20)27-16-10-4-5-15-23(25)26/h7-8,12-13,18-19H,4-6,9-11,14-17H2,1-3H3,(H,24,28)(H,25,26). The molecule has 1 atom stereocenters. The van der Waals surface area contributed by atoms with Crippen LogP contribution >= 0.6 is 12.2 Å². The highest BCUT2D eigenvalue weighted by molar-refractivity contribution is 7.80. The third-order valence-electron chi connectivity index (χ3n) is 4.68. The van der Waals surface area contributed by atoms with Crippen LogP contribution in [0.2, 0.25) is 0 Å². The number of anilines is 1. The fourth-order valence-electron chi connectivity index (χ4n) is 3.35. The van der Waals surface area contributed by atoms with Crippen molar-refractivity contribution in [1.29, 1.82) is 0 Å². The molecule has 0 fully saturated rings. The number of aliphatic carboxylic acids is 1. The highest BCUT2D eigenvalue weighted by Crippen LogP contribution is 2.25. The summed E-state index contributed by atoms with van der Waals surface area (Å²) in [4.78, 5) is 11.4. The number of rotatable bonds is 15. The molecule has 1 aromatic carbocycles. The van der Waals surface area contributed by atoms with Gasteiger partial charge in [-0.25, -0.2) is 0 Å². The number of ether oxygens (including phenoxy) is 1. The highest BCUT2D eigenvalue weighted by Gasteiger charge is 2.07. The topological polar surface area (TPSA) is 58.6 Å². The molecule has 0 bridgehead atoms. The zero-order valence-electron chi connectivity index (χ0n) is 17.7. The van der Waals surface area contributed by atoms with Crippen LogP contribution in [0.3, 0.4) is 0 Å². The molecule has 158 valence electrons. The predicted molar refractivity (Wildman–Crippen MR) is 121 cm³/mol. The second kappa shape index (κ2) is 14.4. The summed E-state index contributed by atoms with van der Waals surface area (Å²) in [5.41, 5.74) is 0.909. The summed E-state index contributed by atoms with van der Waals surface area (Å²) in [6.45, 7) is 7.49. The third kappa shape index (κ3) is 12.0. The molecule has 0 radical (unpaired) electrons. The number of hydrogen-bond acceptors (Lipinski definition) is 3. The van der Waals surface area contributed by atoms with E-state index in [9.17, 15) is 4.79 Å². The van der Waals surface area contributed by atoms with Crippen molar-refractivity contribution in [3.05, 3.63) is 24.3 Å². The zero-order chi connectivity index (χ0) is 20.8. The summed E-state index contributed by atoms with van der Waals surface area (Å²) in [5, 5.41) is 12.0. The second-order valence-corrected chi connectivity index (χ2v) is 8.57. The summed E-state index contributed by atoms with van der Waals surface area (Å²) in [6.07, 6.45) is 8.40. The van der Waals surface area contributed by atoms with E-state index in [1.165, 1.54) is 19.3 Å². The number of carboxylic acids is 1. The SMILES string of the molecule is CC(C)CC(C)CCCCC(=S)Nc1ccccc1OCCCCCC(=O)O. The first-order valence-electron chi connectivity index (χ1n) is 10.6. The number of benzene rings is 1. The average molecular weight is 408 g/mol. The molecule has 5 heteroatoms. The van der Waals surface area contributed by atoms with Crippen molar-refractivity contribution in [2.75, 3.05) is 11.9 Å². The van der Waals surface area contributed by atoms with Gasteiger partial charge in [-0.1, -0.05) is 58.0 Å². The van der Waals surface area contributed by atoms with Gasteiger partial charge >= 0.3 is 5.97 Å². The predicted octanol–water partition coefficient (Wildman–Crippen LogP) is 6.69. The summed E-state index contributed by atoms with van der Waals surface area (Å²) >= 11 is 5.52. The quantitative estimate of drug-likeness (QED) is 0.250. The Balaban J connectivity index is 2.29. The molecule has 0 saturated carbocycles. The number of hydrogen-bond donors (Lipinski definition) is 2. The molecule has 28 heavy (non-hydrogen) atoms. The number of unbranched alkanes of at least 4 members (excludes halogenated alkanes) is 3. The number of carboxylic acid groups (broad SMARTS) is 1. The van der Waals surface area contributed by atoms with Crippen molar-refractivity contribution in [3.8, 4) is 5.75 Å². The Kier molecular flexibility index (Phi) is 12.5. The van der Waals surface area contributed by atoms with Crippen molar-refractivity contribution in [1.82, 2.24) is 0 Å². The Bertz CT molecular complexity index is 589. The summed E-state index contributed by atoms with van der Waals surface area (Å²) in [6, 6.07) is 7.84. The normalized spacial score (nSPS) is 12.0. The largest absolute Gasteiger partial charge is 0.491 e. The van der Waals surface area contributed by atoms with E-state index < -0.39 is 5.97 Å². The van der Waals surface area contributed by atoms with Crippen LogP contribution in [0.5, 0.6) is 5.75 Å². The average Bonchev–Trinajstić information content (AvgIpc) is 2.62. The fourth-order valence-corrected chi connectivity index (χ4v) is 3.60. The minimum atomic E-state index is -0.738. The van der Waals surface area contributed by atoms with E-state index in [1.54, 1.807) is 0 Å². The molecule has 0 amide bonds. The van der Waals surface area contributed by atoms with E-state index in [-0.39, 0.29) is 6.42 Å². The van der Waals surface area contributed by atoms with Gasteiger partial charge in [-0.15, -0.1) is 0 Å². The van der Waals surface area contributed by atoms with E-state index >= 15 is 0 Å². The van der Waals surface area contributed by atoms with Crippen LogP contribution in [0, 0.1) is 11.8 Å². The van der Waals surface area contributed by atoms with Crippen LogP contribution in [0.15, 0.2) is 24.3 Å². The number of carbonyl (C=O) groups is 1. The summed E-state index contributed by atoms with van der Waals surface area (Å²) in [5.74, 6) is 1.62. The minimum Gasteiger partial charge on any atom is -0.491 e. The first-order valence-corrected chi connectivity index (χ1v) is 11.0. The van der Waals surface area contributed by atoms with E-state index in [0.29, 0.717) is 13.0 Å². The van der Waals surface area contributed by atoms with Crippen LogP contribution in [0.1, 0.15) is 78.6 Å². The van der Waals surface area contributed by atoms with Crippen molar-refractivity contribution in [2.45, 2.75) is 78.6 Å². The fraction of sp³-hybridized carbons (Fsp3) is 0.652. The van der Waals surface area contributed by atoms with E-state index in [1.807, 2.05) is 24.3 Å². The maximum atomic E-state index is 10.5. The molecule has 1 rings (SSSR count). The van der Waals surface area contributed by atoms with Gasteiger partial charge in [0.05, 0.1) is 17.3 Å². The lowest BCUT2D eigenvalue weighted by atomic mass is 9.94. The molecule has 0 aliphatic heterocycles. The van der Waals surface area contributed by atoms with Crippen LogP contribution in [0.4, 0.5) is 5.69 Å². The molecule has 4 nitrogen and oxygen atoms in total. The third-order valence-corrected chi connectivity index (χ3v) is 4.98. The summed E-state index contributed by atoms with van der Waals surface area (Å²) in [7, 11) is 0. The minimum absolute atomic E-state index is 0.225. The Hall–Kier alpha value is -1.62. The molecular formula is C23H37NO3S. The van der Waals surface area contributed by atoms with Crippen molar-refractivity contribution < 1.29 is 14.6 Å². The van der Waals surface area contributed by atoms with Gasteiger partial charge in [0.15, 0.2) is 0 Å². The maximum Gasteiger partial charge on any atom is 0.303 e. The number of para-hydroxylation sites is 2. The molecule has 0 aliphatic rings. The van der Waals surface area contributed by atoms with Gasteiger partial charge in [0.1, 0.15) is 5.75 Å². The van der Waals surface area contributed by atoms with Gasteiger partial charge in [0, 0.05) is 6.42 Å². The first-order chi connectivity index (χ1) is 13.4. The Labute approximate surface area is 176 Å². The van der Waals surface area contributed by atoms with E-state index in [0.717, 1.165) is 53.9 Å². The summed E-state index contributed by atoms with van der Waals surface area (Å²) < 4.78 is 5.87. The lowest BCUT2D eigenvalue weighted by Gasteiger charge is -2.15. The van der Waals surface area contributed by atoms with Crippen LogP contribution in [-0.2, 0) is 4.79 Å². The van der Waals surface area contributed by atoms with Crippen molar-refractivity contribution >= 4 is 28.9 Å². The van der Waals surface area contributed by atoms with Gasteiger partial charge < -0.3 is 15.2 Å². The van der Waals surface area contributed by atoms with Gasteiger partial charge in [-0.05, 0) is 62.5 Å². The van der Waals surface area contributed by atoms with Crippen molar-refractivity contribution in [2.24, 2.45) is 11.8 Å². The molecule has 1 unspecified atom stereocenters. The van der Waals surface area contributed by atoms with Gasteiger partial charge in [0.25, 0.3) is 0 Å². The second-order valence-electron chi connectivity index (χ2n) is 8.08. The van der Waals surface area contributed by atoms with Gasteiger partial charge in [-0.2, -0.15) is 0 Å². The van der Waals surface area contributed by atoms with E-state index in [4.69, 9.17) is 22.1 Å². The molecule has 0 aromatic heterocycles. The number of nitrogens with one attached hydrogen (secondary N) is 1. The number of thiocarbonyl (C=S) groups is 1. The molecule has 0 heterocycles. The Morgan fingerprint density at radius 1 is 1.07 bits per heavy atom. The Morgan fingerprint density at radius 3 is 2.50 bits per heavy atom. The highest BCUT2D eigenvalue weighted by atomic mass is 32.1. The van der Waals surface area contributed by atoms with Crippen molar-refractivity contribution in [3.63, 3.8) is 0 Å². The molecule has 0 spiro atoms. The van der Waals surface area contributed by atoms with E-state index in [2.05, 4.69) is 26.1 Å². The molecule has 0 saturated heterocycles. The molecular weight excluding hydrogens is 370 g/mol. The van der Waals surface area contributed by atoms with Crippen LogP contribution in [-0.4, -0.2) is 22.7 Å². The van der Waals surface area contributed by atoms with Gasteiger partial charge in [-0.3, -0.25) is 4.79 Å². The van der Waals surface area contributed by atoms with Crippen LogP contribution in [0.25, 0.3) is 0 Å². The molecule has 1 aromatic rings. The smallest absolute Gasteiger partial charge is 0.303 e. The monoisotopic (exact) mass is 407 g/mol. The maximum absolute atomic E-state index is 10.5. The van der Waals surface area contributed by atoms with Gasteiger partial charge in [0.2, 0.25) is 0 Å². The first kappa shape index (κ1) is 24.4. The van der Waals surface area contributed by atoms with Crippen LogP contribution < -0.4 is 10.1 Å². The Morgan fingerprint density at radius 2 is 1.79 bits per heavy atom. The molecule has 0 aliphatic carbocycles. The zero-order valence-corrected chi connectivity index (χ0v) is 18.5. The molecule has 2 N–H and O–H groups in total. The lowest BCUT2D eigenvalue weighted by molar-refractivity contribution is -0.137.